The number of halogens is 1. The SMILES string of the molecule is CC1CC(Oc2ccc(C(=O)O)cc2F)CC(C)O1. The van der Waals surface area contributed by atoms with Crippen LogP contribution in [-0.2, 0) is 4.74 Å². The van der Waals surface area contributed by atoms with E-state index in [1.54, 1.807) is 0 Å². The van der Waals surface area contributed by atoms with E-state index in [-0.39, 0.29) is 29.6 Å². The minimum atomic E-state index is -1.15. The predicted octanol–water partition coefficient (Wildman–Crippen LogP) is 2.86. The third-order valence-electron chi connectivity index (χ3n) is 3.13. The molecule has 1 saturated heterocycles. The number of aromatic carboxylic acids is 1. The molecule has 4 nitrogen and oxygen atoms in total. The number of hydrogen-bond acceptors (Lipinski definition) is 3. The lowest BCUT2D eigenvalue weighted by Crippen LogP contribution is -2.35. The second kappa shape index (κ2) is 5.57. The molecule has 1 aliphatic heterocycles. The van der Waals surface area contributed by atoms with Gasteiger partial charge in [0.2, 0.25) is 0 Å². The van der Waals surface area contributed by atoms with Gasteiger partial charge >= 0.3 is 5.97 Å². The molecule has 0 spiro atoms. The van der Waals surface area contributed by atoms with Crippen molar-refractivity contribution in [2.24, 2.45) is 0 Å². The van der Waals surface area contributed by atoms with Crippen LogP contribution in [-0.4, -0.2) is 29.4 Å². The lowest BCUT2D eigenvalue weighted by atomic mass is 10.0. The van der Waals surface area contributed by atoms with Crippen LogP contribution >= 0.6 is 0 Å². The van der Waals surface area contributed by atoms with E-state index in [1.807, 2.05) is 13.8 Å². The molecule has 0 saturated carbocycles. The number of rotatable bonds is 3. The Bertz CT molecular complexity index is 465. The third kappa shape index (κ3) is 3.44. The summed E-state index contributed by atoms with van der Waals surface area (Å²) >= 11 is 0. The first-order valence-corrected chi connectivity index (χ1v) is 6.30. The van der Waals surface area contributed by atoms with E-state index >= 15 is 0 Å². The molecule has 2 unspecified atom stereocenters. The average molecular weight is 268 g/mol. The fourth-order valence-corrected chi connectivity index (χ4v) is 2.35. The lowest BCUT2D eigenvalue weighted by molar-refractivity contribution is -0.0727. The number of carboxylic acids is 1. The van der Waals surface area contributed by atoms with Gasteiger partial charge in [-0.2, -0.15) is 0 Å². The first-order chi connectivity index (χ1) is 8.95. The van der Waals surface area contributed by atoms with Crippen molar-refractivity contribution in [2.45, 2.75) is 45.0 Å². The van der Waals surface area contributed by atoms with Crippen molar-refractivity contribution in [3.63, 3.8) is 0 Å². The smallest absolute Gasteiger partial charge is 0.335 e. The Labute approximate surface area is 111 Å². The second-order valence-corrected chi connectivity index (χ2v) is 4.92. The fraction of sp³-hybridized carbons (Fsp3) is 0.500. The van der Waals surface area contributed by atoms with Crippen molar-refractivity contribution in [1.82, 2.24) is 0 Å². The Kier molecular flexibility index (Phi) is 4.04. The summed E-state index contributed by atoms with van der Waals surface area (Å²) in [4.78, 5) is 10.7. The average Bonchev–Trinajstić information content (AvgIpc) is 2.30. The summed E-state index contributed by atoms with van der Waals surface area (Å²) in [5.74, 6) is -1.71. The highest BCUT2D eigenvalue weighted by atomic mass is 19.1. The molecule has 1 aromatic rings. The van der Waals surface area contributed by atoms with E-state index in [9.17, 15) is 9.18 Å². The van der Waals surface area contributed by atoms with E-state index in [2.05, 4.69) is 0 Å². The van der Waals surface area contributed by atoms with Crippen LogP contribution in [0.25, 0.3) is 0 Å². The number of carbonyl (C=O) groups is 1. The molecule has 0 amide bonds. The largest absolute Gasteiger partial charge is 0.487 e. The molecular formula is C14H17FO4. The highest BCUT2D eigenvalue weighted by Crippen LogP contribution is 2.26. The molecule has 0 aromatic heterocycles. The van der Waals surface area contributed by atoms with Gasteiger partial charge in [-0.15, -0.1) is 0 Å². The van der Waals surface area contributed by atoms with Crippen LogP contribution in [0.15, 0.2) is 18.2 Å². The third-order valence-corrected chi connectivity index (χ3v) is 3.13. The van der Waals surface area contributed by atoms with Crippen molar-refractivity contribution in [3.8, 4) is 5.75 Å². The zero-order chi connectivity index (χ0) is 14.0. The highest BCUT2D eigenvalue weighted by molar-refractivity contribution is 5.87. The molecule has 2 atom stereocenters. The molecule has 5 heteroatoms. The van der Waals surface area contributed by atoms with Gasteiger partial charge < -0.3 is 14.6 Å². The van der Waals surface area contributed by atoms with Crippen LogP contribution in [0, 0.1) is 5.82 Å². The van der Waals surface area contributed by atoms with Crippen LogP contribution in [0.4, 0.5) is 4.39 Å². The van der Waals surface area contributed by atoms with Gasteiger partial charge in [-0.3, -0.25) is 0 Å². The van der Waals surface area contributed by atoms with Crippen molar-refractivity contribution in [3.05, 3.63) is 29.6 Å². The Hall–Kier alpha value is -1.62. The molecular weight excluding hydrogens is 251 g/mol. The van der Waals surface area contributed by atoms with Gasteiger partial charge in [0.05, 0.1) is 17.8 Å². The molecule has 1 fully saturated rings. The van der Waals surface area contributed by atoms with Gasteiger partial charge in [0, 0.05) is 12.8 Å². The maximum Gasteiger partial charge on any atom is 0.335 e. The normalized spacial score (nSPS) is 27.0. The predicted molar refractivity (Wildman–Crippen MR) is 67.0 cm³/mol. The Morgan fingerprint density at radius 2 is 2.00 bits per heavy atom. The van der Waals surface area contributed by atoms with E-state index in [4.69, 9.17) is 14.6 Å². The molecule has 2 rings (SSSR count). The van der Waals surface area contributed by atoms with Gasteiger partial charge in [-0.1, -0.05) is 0 Å². The second-order valence-electron chi connectivity index (χ2n) is 4.92. The molecule has 104 valence electrons. The van der Waals surface area contributed by atoms with Gasteiger partial charge in [-0.25, -0.2) is 9.18 Å². The molecule has 1 aliphatic rings. The fourth-order valence-electron chi connectivity index (χ4n) is 2.35. The van der Waals surface area contributed by atoms with Crippen LogP contribution in [0.3, 0.4) is 0 Å². The topological polar surface area (TPSA) is 55.8 Å². The van der Waals surface area contributed by atoms with Crippen molar-refractivity contribution in [1.29, 1.82) is 0 Å². The summed E-state index contributed by atoms with van der Waals surface area (Å²) in [6, 6.07) is 3.68. The number of benzene rings is 1. The van der Waals surface area contributed by atoms with Crippen LogP contribution in [0.2, 0.25) is 0 Å². The zero-order valence-electron chi connectivity index (χ0n) is 10.9. The van der Waals surface area contributed by atoms with Gasteiger partial charge in [0.15, 0.2) is 11.6 Å². The molecule has 0 radical (unpaired) electrons. The first-order valence-electron chi connectivity index (χ1n) is 6.30. The number of hydrogen-bond donors (Lipinski definition) is 1. The summed E-state index contributed by atoms with van der Waals surface area (Å²) in [7, 11) is 0. The molecule has 1 heterocycles. The van der Waals surface area contributed by atoms with E-state index in [1.165, 1.54) is 12.1 Å². The van der Waals surface area contributed by atoms with Crippen LogP contribution in [0.1, 0.15) is 37.0 Å². The quantitative estimate of drug-likeness (QED) is 0.915. The summed E-state index contributed by atoms with van der Waals surface area (Å²) in [5.41, 5.74) is -0.0847. The Morgan fingerprint density at radius 1 is 1.37 bits per heavy atom. The van der Waals surface area contributed by atoms with Gasteiger partial charge in [0.25, 0.3) is 0 Å². The van der Waals surface area contributed by atoms with Crippen molar-refractivity contribution < 1.29 is 23.8 Å². The molecule has 0 bridgehead atoms. The van der Waals surface area contributed by atoms with Crippen LogP contribution < -0.4 is 4.74 Å². The van der Waals surface area contributed by atoms with E-state index in [0.717, 1.165) is 6.07 Å². The minimum Gasteiger partial charge on any atom is -0.487 e. The highest BCUT2D eigenvalue weighted by Gasteiger charge is 2.26. The van der Waals surface area contributed by atoms with Crippen molar-refractivity contribution in [2.75, 3.05) is 0 Å². The monoisotopic (exact) mass is 268 g/mol. The zero-order valence-corrected chi connectivity index (χ0v) is 10.9. The summed E-state index contributed by atoms with van der Waals surface area (Å²) in [6.07, 6.45) is 1.45. The Balaban J connectivity index is 2.08. The van der Waals surface area contributed by atoms with Crippen LogP contribution in [0.5, 0.6) is 5.75 Å². The van der Waals surface area contributed by atoms with E-state index < -0.39 is 11.8 Å². The standard InChI is InChI=1S/C14H17FO4/c1-8-5-11(6-9(2)18-8)19-13-4-3-10(14(16)17)7-12(13)15/h3-4,7-9,11H,5-6H2,1-2H3,(H,16,17). The number of ether oxygens (including phenoxy) is 2. The molecule has 0 aliphatic carbocycles. The summed E-state index contributed by atoms with van der Waals surface area (Å²) in [5, 5.41) is 8.77. The molecule has 1 N–H and O–H groups in total. The van der Waals surface area contributed by atoms with Crippen molar-refractivity contribution >= 4 is 5.97 Å². The molecule has 19 heavy (non-hydrogen) atoms. The lowest BCUT2D eigenvalue weighted by Gasteiger charge is -2.32. The van der Waals surface area contributed by atoms with Gasteiger partial charge in [-0.05, 0) is 32.0 Å². The van der Waals surface area contributed by atoms with Gasteiger partial charge in [0.1, 0.15) is 6.10 Å². The first kappa shape index (κ1) is 13.8. The molecule has 1 aromatic carbocycles. The summed E-state index contributed by atoms with van der Waals surface area (Å²) < 4.78 is 24.9. The maximum atomic E-state index is 13.7. The minimum absolute atomic E-state index is 0.0788. The Morgan fingerprint density at radius 3 is 2.53 bits per heavy atom. The summed E-state index contributed by atoms with van der Waals surface area (Å²) in [6.45, 7) is 3.91. The number of carboxylic acid groups (broad SMARTS) is 1. The maximum absolute atomic E-state index is 13.7. The van der Waals surface area contributed by atoms with E-state index in [0.29, 0.717) is 12.8 Å².